The number of thiazole rings is 1. The highest BCUT2D eigenvalue weighted by Gasteiger charge is 2.27. The molecule has 1 aliphatic rings. The van der Waals surface area contributed by atoms with Crippen LogP contribution in [0.5, 0.6) is 5.75 Å². The Balaban J connectivity index is 1.71. The van der Waals surface area contributed by atoms with Crippen molar-refractivity contribution in [2.24, 2.45) is 0 Å². The highest BCUT2D eigenvalue weighted by atomic mass is 32.1. The topological polar surface area (TPSA) is 42.4 Å². The van der Waals surface area contributed by atoms with E-state index in [0.29, 0.717) is 5.92 Å². The first-order valence-electron chi connectivity index (χ1n) is 7.52. The summed E-state index contributed by atoms with van der Waals surface area (Å²) in [5.41, 5.74) is 1.79. The lowest BCUT2D eigenvalue weighted by Gasteiger charge is -2.32. The number of methoxy groups -OCH3 is 1. The zero-order valence-corrected chi connectivity index (χ0v) is 13.7. The first kappa shape index (κ1) is 15.0. The predicted octanol–water partition coefficient (Wildman–Crippen LogP) is 3.48. The van der Waals surface area contributed by atoms with Crippen LogP contribution in [0, 0.1) is 6.92 Å². The van der Waals surface area contributed by atoms with Gasteiger partial charge >= 0.3 is 0 Å². The minimum absolute atomic E-state index is 0.0978. The van der Waals surface area contributed by atoms with Crippen LogP contribution >= 0.6 is 11.3 Å². The van der Waals surface area contributed by atoms with Gasteiger partial charge in [-0.15, -0.1) is 11.3 Å². The van der Waals surface area contributed by atoms with E-state index in [4.69, 9.17) is 4.74 Å². The number of rotatable bonds is 3. The van der Waals surface area contributed by atoms with Crippen LogP contribution in [0.2, 0.25) is 0 Å². The van der Waals surface area contributed by atoms with E-state index in [1.807, 2.05) is 36.1 Å². The number of aromatic nitrogens is 1. The van der Waals surface area contributed by atoms with E-state index >= 15 is 0 Å². The van der Waals surface area contributed by atoms with Gasteiger partial charge in [-0.3, -0.25) is 4.79 Å². The molecule has 0 bridgehead atoms. The number of hydrogen-bond donors (Lipinski definition) is 0. The van der Waals surface area contributed by atoms with E-state index in [0.717, 1.165) is 47.9 Å². The van der Waals surface area contributed by atoms with Crippen molar-refractivity contribution in [3.05, 3.63) is 45.9 Å². The molecule has 2 aromatic rings. The Bertz CT molecular complexity index is 651. The van der Waals surface area contributed by atoms with E-state index in [9.17, 15) is 4.79 Å². The third-order valence-corrected chi connectivity index (χ3v) is 5.16. The summed E-state index contributed by atoms with van der Waals surface area (Å²) in [4.78, 5) is 19.2. The van der Waals surface area contributed by atoms with Gasteiger partial charge in [-0.05, 0) is 44.0 Å². The molecule has 0 aliphatic carbocycles. The Hall–Kier alpha value is -1.88. The second-order valence-electron chi connectivity index (χ2n) is 5.65. The monoisotopic (exact) mass is 316 g/mol. The number of nitrogens with zero attached hydrogens (tertiary/aromatic N) is 2. The lowest BCUT2D eigenvalue weighted by atomic mass is 9.98. The van der Waals surface area contributed by atoms with Gasteiger partial charge in [-0.1, -0.05) is 0 Å². The number of likely N-dealkylation sites (tertiary alicyclic amines) is 1. The summed E-state index contributed by atoms with van der Waals surface area (Å²) in [5.74, 6) is 1.24. The highest BCUT2D eigenvalue weighted by Crippen LogP contribution is 2.30. The first-order valence-corrected chi connectivity index (χ1v) is 8.40. The minimum Gasteiger partial charge on any atom is -0.497 e. The standard InChI is InChI=1S/C17H20N2O2S/c1-12-11-22-16(18-12)14-4-3-9-19(10-14)17(20)13-5-7-15(21-2)8-6-13/h5-8,11,14H,3-4,9-10H2,1-2H3/t14-/m0/s1. The molecule has 1 amide bonds. The van der Waals surface area contributed by atoms with Crippen molar-refractivity contribution in [3.63, 3.8) is 0 Å². The number of benzene rings is 1. The van der Waals surface area contributed by atoms with Gasteiger partial charge in [0.1, 0.15) is 5.75 Å². The molecular formula is C17H20N2O2S. The smallest absolute Gasteiger partial charge is 0.253 e. The molecule has 22 heavy (non-hydrogen) atoms. The van der Waals surface area contributed by atoms with Crippen LogP contribution in [-0.4, -0.2) is 36.0 Å². The molecule has 116 valence electrons. The van der Waals surface area contributed by atoms with E-state index in [1.54, 1.807) is 18.4 Å². The quantitative estimate of drug-likeness (QED) is 0.870. The molecule has 1 atom stereocenters. The number of amides is 1. The molecule has 1 aromatic heterocycles. The fourth-order valence-electron chi connectivity index (χ4n) is 2.84. The van der Waals surface area contributed by atoms with Gasteiger partial charge in [-0.2, -0.15) is 0 Å². The van der Waals surface area contributed by atoms with Gasteiger partial charge in [-0.25, -0.2) is 4.98 Å². The maximum atomic E-state index is 12.6. The second kappa shape index (κ2) is 6.48. The van der Waals surface area contributed by atoms with Crippen LogP contribution in [0.25, 0.3) is 0 Å². The molecule has 0 saturated carbocycles. The molecule has 0 unspecified atom stereocenters. The number of ether oxygens (including phenoxy) is 1. The number of aryl methyl sites for hydroxylation is 1. The Labute approximate surface area is 134 Å². The van der Waals surface area contributed by atoms with Crippen molar-refractivity contribution < 1.29 is 9.53 Å². The number of hydrogen-bond acceptors (Lipinski definition) is 4. The number of piperidine rings is 1. The third kappa shape index (κ3) is 3.14. The fourth-order valence-corrected chi connectivity index (χ4v) is 3.76. The van der Waals surface area contributed by atoms with Crippen molar-refractivity contribution >= 4 is 17.2 Å². The first-order chi connectivity index (χ1) is 10.7. The maximum Gasteiger partial charge on any atom is 0.253 e. The molecule has 4 nitrogen and oxygen atoms in total. The van der Waals surface area contributed by atoms with Crippen LogP contribution in [-0.2, 0) is 0 Å². The van der Waals surface area contributed by atoms with Crippen LogP contribution in [0.3, 0.4) is 0 Å². The van der Waals surface area contributed by atoms with Gasteiger partial charge in [0.25, 0.3) is 5.91 Å². The molecule has 1 saturated heterocycles. The Kier molecular flexibility index (Phi) is 4.43. The predicted molar refractivity (Wildman–Crippen MR) is 87.7 cm³/mol. The average molecular weight is 316 g/mol. The summed E-state index contributed by atoms with van der Waals surface area (Å²) in [6, 6.07) is 7.33. The van der Waals surface area contributed by atoms with Crippen LogP contribution in [0.4, 0.5) is 0 Å². The number of carbonyl (C=O) groups excluding carboxylic acids is 1. The molecule has 3 rings (SSSR count). The van der Waals surface area contributed by atoms with Crippen molar-refractivity contribution in [2.45, 2.75) is 25.7 Å². The van der Waals surface area contributed by atoms with Gasteiger partial charge in [0.2, 0.25) is 0 Å². The summed E-state index contributed by atoms with van der Waals surface area (Å²) in [7, 11) is 1.63. The summed E-state index contributed by atoms with van der Waals surface area (Å²) in [6.07, 6.45) is 2.14. The summed E-state index contributed by atoms with van der Waals surface area (Å²) in [5, 5.41) is 3.24. The molecule has 0 spiro atoms. The lowest BCUT2D eigenvalue weighted by molar-refractivity contribution is 0.0707. The molecule has 1 aliphatic heterocycles. The molecular weight excluding hydrogens is 296 g/mol. The maximum absolute atomic E-state index is 12.6. The van der Waals surface area contributed by atoms with Crippen LogP contribution < -0.4 is 4.74 Å². The van der Waals surface area contributed by atoms with E-state index in [1.165, 1.54) is 0 Å². The molecule has 5 heteroatoms. The van der Waals surface area contributed by atoms with Gasteiger partial charge in [0, 0.05) is 35.6 Å². The summed E-state index contributed by atoms with van der Waals surface area (Å²) >= 11 is 1.70. The molecule has 0 N–H and O–H groups in total. The Morgan fingerprint density at radius 1 is 1.36 bits per heavy atom. The van der Waals surface area contributed by atoms with E-state index in [-0.39, 0.29) is 5.91 Å². The lowest BCUT2D eigenvalue weighted by Crippen LogP contribution is -2.39. The Morgan fingerprint density at radius 2 is 2.14 bits per heavy atom. The fraction of sp³-hybridized carbons (Fsp3) is 0.412. The normalized spacial score (nSPS) is 18.3. The summed E-state index contributed by atoms with van der Waals surface area (Å²) in [6.45, 7) is 3.60. The van der Waals surface area contributed by atoms with Crippen LogP contribution in [0.1, 0.15) is 39.8 Å². The second-order valence-corrected chi connectivity index (χ2v) is 6.54. The van der Waals surface area contributed by atoms with Gasteiger partial charge in [0.15, 0.2) is 0 Å². The summed E-state index contributed by atoms with van der Waals surface area (Å²) < 4.78 is 5.14. The third-order valence-electron chi connectivity index (χ3n) is 4.03. The van der Waals surface area contributed by atoms with E-state index in [2.05, 4.69) is 10.4 Å². The molecule has 0 radical (unpaired) electrons. The Morgan fingerprint density at radius 3 is 2.77 bits per heavy atom. The largest absolute Gasteiger partial charge is 0.497 e. The minimum atomic E-state index is 0.0978. The zero-order chi connectivity index (χ0) is 15.5. The number of carbonyl (C=O) groups is 1. The van der Waals surface area contributed by atoms with E-state index < -0.39 is 0 Å². The van der Waals surface area contributed by atoms with Crippen LogP contribution in [0.15, 0.2) is 29.6 Å². The molecule has 1 aromatic carbocycles. The molecule has 1 fully saturated rings. The van der Waals surface area contributed by atoms with Gasteiger partial charge in [0.05, 0.1) is 12.1 Å². The molecule has 2 heterocycles. The van der Waals surface area contributed by atoms with Crippen molar-refractivity contribution in [1.29, 1.82) is 0 Å². The van der Waals surface area contributed by atoms with Crippen molar-refractivity contribution in [1.82, 2.24) is 9.88 Å². The zero-order valence-electron chi connectivity index (χ0n) is 12.9. The van der Waals surface area contributed by atoms with Crippen molar-refractivity contribution in [2.75, 3.05) is 20.2 Å². The SMILES string of the molecule is COc1ccc(C(=O)N2CCC[C@H](c3nc(C)cs3)C2)cc1. The highest BCUT2D eigenvalue weighted by molar-refractivity contribution is 7.09. The van der Waals surface area contributed by atoms with Crippen molar-refractivity contribution in [3.8, 4) is 5.75 Å². The average Bonchev–Trinajstić information content (AvgIpc) is 3.01. The van der Waals surface area contributed by atoms with Gasteiger partial charge < -0.3 is 9.64 Å².